The van der Waals surface area contributed by atoms with Crippen LogP contribution in [0.1, 0.15) is 24.1 Å². The molecule has 26 heavy (non-hydrogen) atoms. The molecule has 0 amide bonds. The van der Waals surface area contributed by atoms with Crippen molar-refractivity contribution in [1.29, 1.82) is 0 Å². The summed E-state index contributed by atoms with van der Waals surface area (Å²) in [6, 6.07) is 12.1. The third kappa shape index (κ3) is 2.70. The van der Waals surface area contributed by atoms with Crippen molar-refractivity contribution < 1.29 is 9.47 Å². The summed E-state index contributed by atoms with van der Waals surface area (Å²) in [7, 11) is 0. The zero-order chi connectivity index (χ0) is 17.4. The largest absolute Gasteiger partial charge is 0.486 e. The monoisotopic (exact) mass is 346 g/mol. The van der Waals surface area contributed by atoms with E-state index in [1.807, 2.05) is 42.7 Å². The zero-order valence-corrected chi connectivity index (χ0v) is 14.7. The fraction of sp³-hybridized carbons (Fsp3) is 0.364. The molecule has 1 aliphatic carbocycles. The van der Waals surface area contributed by atoms with Crippen molar-refractivity contribution in [3.63, 3.8) is 0 Å². The zero-order valence-electron chi connectivity index (χ0n) is 14.7. The van der Waals surface area contributed by atoms with Crippen molar-refractivity contribution in [2.45, 2.75) is 37.3 Å². The fourth-order valence-corrected chi connectivity index (χ4v) is 4.47. The van der Waals surface area contributed by atoms with Crippen molar-refractivity contribution in [3.05, 3.63) is 66.0 Å². The van der Waals surface area contributed by atoms with E-state index in [-0.39, 0.29) is 11.6 Å². The van der Waals surface area contributed by atoms with Gasteiger partial charge in [0.25, 0.3) is 0 Å². The van der Waals surface area contributed by atoms with Crippen molar-refractivity contribution in [2.24, 2.45) is 10.9 Å². The van der Waals surface area contributed by atoms with E-state index in [4.69, 9.17) is 14.5 Å². The predicted octanol–water partition coefficient (Wildman–Crippen LogP) is 3.80. The number of aliphatic imine (C=N–C) groups is 1. The molecule has 4 nitrogen and oxygen atoms in total. The predicted molar refractivity (Wildman–Crippen MR) is 101 cm³/mol. The van der Waals surface area contributed by atoms with Crippen LogP contribution in [-0.4, -0.2) is 29.4 Å². The minimum atomic E-state index is -0.213. The highest BCUT2D eigenvalue weighted by Crippen LogP contribution is 2.41. The Morgan fingerprint density at radius 3 is 2.92 bits per heavy atom. The summed E-state index contributed by atoms with van der Waals surface area (Å²) in [5.74, 6) is 2.11. The number of pyridine rings is 1. The summed E-state index contributed by atoms with van der Waals surface area (Å²) in [4.78, 5) is 9.53. The lowest BCUT2D eigenvalue weighted by Gasteiger charge is -2.39. The summed E-state index contributed by atoms with van der Waals surface area (Å²) < 4.78 is 12.2. The maximum atomic E-state index is 6.23. The van der Waals surface area contributed by atoms with E-state index in [1.54, 1.807) is 0 Å². The van der Waals surface area contributed by atoms with Crippen molar-refractivity contribution >= 4 is 6.21 Å². The second-order valence-corrected chi connectivity index (χ2v) is 7.38. The van der Waals surface area contributed by atoms with Crippen LogP contribution in [0.5, 0.6) is 11.5 Å². The Morgan fingerprint density at radius 2 is 2.04 bits per heavy atom. The van der Waals surface area contributed by atoms with Gasteiger partial charge >= 0.3 is 0 Å². The lowest BCUT2D eigenvalue weighted by atomic mass is 9.72. The van der Waals surface area contributed by atoms with Gasteiger partial charge < -0.3 is 9.47 Å². The number of hydrogen-bond donors (Lipinski definition) is 0. The van der Waals surface area contributed by atoms with E-state index in [9.17, 15) is 0 Å². The van der Waals surface area contributed by atoms with Crippen LogP contribution in [0, 0.1) is 5.92 Å². The first-order valence-electron chi connectivity index (χ1n) is 9.37. The van der Waals surface area contributed by atoms with Gasteiger partial charge in [-0.3, -0.25) is 9.98 Å². The Morgan fingerprint density at radius 1 is 1.12 bits per heavy atom. The third-order valence-electron chi connectivity index (χ3n) is 5.80. The maximum absolute atomic E-state index is 6.23. The minimum absolute atomic E-state index is 0.00919. The van der Waals surface area contributed by atoms with Gasteiger partial charge in [0, 0.05) is 24.5 Å². The van der Waals surface area contributed by atoms with Gasteiger partial charge in [0.05, 0.1) is 5.54 Å². The topological polar surface area (TPSA) is 43.7 Å². The molecule has 3 unspecified atom stereocenters. The van der Waals surface area contributed by atoms with Crippen LogP contribution >= 0.6 is 0 Å². The number of aromatic nitrogens is 1. The first-order valence-corrected chi connectivity index (χ1v) is 9.37. The minimum Gasteiger partial charge on any atom is -0.486 e. The third-order valence-corrected chi connectivity index (χ3v) is 5.80. The molecule has 0 N–H and O–H groups in total. The van der Waals surface area contributed by atoms with Crippen molar-refractivity contribution in [2.75, 3.05) is 6.61 Å². The molecule has 3 atom stereocenters. The maximum Gasteiger partial charge on any atom is 0.161 e. The number of hydrogen-bond acceptors (Lipinski definition) is 4. The molecule has 0 saturated carbocycles. The van der Waals surface area contributed by atoms with Crippen molar-refractivity contribution in [3.8, 4) is 11.5 Å². The number of nitrogens with zero attached hydrogens (tertiary/aromatic N) is 2. The van der Waals surface area contributed by atoms with Crippen LogP contribution in [-0.2, 0) is 12.8 Å². The fourth-order valence-electron chi connectivity index (χ4n) is 4.47. The summed E-state index contributed by atoms with van der Waals surface area (Å²) >= 11 is 0. The molecule has 4 heteroatoms. The number of benzene rings is 1. The lowest BCUT2D eigenvalue weighted by molar-refractivity contribution is 0.0633. The molecular formula is C22H22N2O2. The smallest absolute Gasteiger partial charge is 0.161 e. The Hall–Kier alpha value is -2.62. The molecule has 5 rings (SSSR count). The standard InChI is InChI=1S/C22H22N2O2/c1-2-7-21-20(6-1)25-15-18(26-21)14-22(10-4-12-24-22)17-9-8-16-5-3-11-23-19(16)13-17/h1-7,10-12,17-18H,8-9,13-15H2. The Balaban J connectivity index is 1.38. The van der Waals surface area contributed by atoms with E-state index < -0.39 is 0 Å². The second kappa shape index (κ2) is 6.27. The Bertz CT molecular complexity index is 862. The number of ether oxygens (including phenoxy) is 2. The van der Waals surface area contributed by atoms with Crippen LogP contribution < -0.4 is 9.47 Å². The highest BCUT2D eigenvalue weighted by molar-refractivity contribution is 5.75. The van der Waals surface area contributed by atoms with E-state index in [2.05, 4.69) is 23.2 Å². The summed E-state index contributed by atoms with van der Waals surface area (Å²) in [6.45, 7) is 0.573. The van der Waals surface area contributed by atoms with E-state index >= 15 is 0 Å². The molecule has 0 bridgehead atoms. The molecule has 0 spiro atoms. The molecule has 132 valence electrons. The van der Waals surface area contributed by atoms with Gasteiger partial charge in [0.2, 0.25) is 0 Å². The first-order chi connectivity index (χ1) is 12.8. The van der Waals surface area contributed by atoms with Crippen LogP contribution in [0.4, 0.5) is 0 Å². The van der Waals surface area contributed by atoms with Gasteiger partial charge in [0.1, 0.15) is 12.7 Å². The highest BCUT2D eigenvalue weighted by atomic mass is 16.6. The first kappa shape index (κ1) is 15.6. The van der Waals surface area contributed by atoms with E-state index in [0.717, 1.165) is 37.2 Å². The molecule has 1 aromatic heterocycles. The van der Waals surface area contributed by atoms with Crippen LogP contribution in [0.2, 0.25) is 0 Å². The second-order valence-electron chi connectivity index (χ2n) is 7.38. The molecular weight excluding hydrogens is 324 g/mol. The summed E-state index contributed by atoms with van der Waals surface area (Å²) in [5, 5.41) is 0. The summed E-state index contributed by atoms with van der Waals surface area (Å²) in [5.41, 5.74) is 2.40. The van der Waals surface area contributed by atoms with Gasteiger partial charge in [-0.2, -0.15) is 0 Å². The number of para-hydroxylation sites is 2. The molecule has 0 saturated heterocycles. The highest BCUT2D eigenvalue weighted by Gasteiger charge is 2.42. The van der Waals surface area contributed by atoms with Crippen LogP contribution in [0.15, 0.2) is 59.7 Å². The molecule has 2 aliphatic heterocycles. The van der Waals surface area contributed by atoms with E-state index in [0.29, 0.717) is 12.5 Å². The normalized spacial score (nSPS) is 28.8. The number of fused-ring (bicyclic) bond motifs is 2. The van der Waals surface area contributed by atoms with Gasteiger partial charge in [-0.05, 0) is 55.0 Å². The molecule has 0 radical (unpaired) electrons. The van der Waals surface area contributed by atoms with Crippen molar-refractivity contribution in [1.82, 2.24) is 4.98 Å². The Labute approximate surface area is 153 Å². The number of rotatable bonds is 3. The van der Waals surface area contributed by atoms with Gasteiger partial charge in [-0.25, -0.2) is 0 Å². The lowest BCUT2D eigenvalue weighted by Crippen LogP contribution is -2.43. The number of allylic oxidation sites excluding steroid dienone is 1. The SMILES string of the molecule is C1=CC(CC2COc3ccccc3O2)(C2CCc3cccnc3C2)N=C1. The average molecular weight is 346 g/mol. The number of aryl methyl sites for hydroxylation is 1. The van der Waals surface area contributed by atoms with E-state index in [1.165, 1.54) is 11.3 Å². The van der Waals surface area contributed by atoms with Crippen LogP contribution in [0.25, 0.3) is 0 Å². The van der Waals surface area contributed by atoms with Crippen LogP contribution in [0.3, 0.4) is 0 Å². The quantitative estimate of drug-likeness (QED) is 0.849. The van der Waals surface area contributed by atoms with Gasteiger partial charge in [0.15, 0.2) is 11.5 Å². The van der Waals surface area contributed by atoms with Gasteiger partial charge in [-0.15, -0.1) is 0 Å². The molecule has 3 heterocycles. The average Bonchev–Trinajstić information content (AvgIpc) is 3.17. The summed E-state index contributed by atoms with van der Waals surface area (Å²) in [6.07, 6.45) is 12.2. The molecule has 2 aromatic rings. The molecule has 3 aliphatic rings. The molecule has 0 fully saturated rings. The molecule has 1 aromatic carbocycles. The van der Waals surface area contributed by atoms with Gasteiger partial charge in [-0.1, -0.05) is 24.3 Å². The Kier molecular flexibility index (Phi) is 3.77.